The number of amides is 1. The molecule has 1 heterocycles. The first-order valence-electron chi connectivity index (χ1n) is 8.26. The van der Waals surface area contributed by atoms with E-state index in [0.717, 1.165) is 10.0 Å². The molecule has 1 aromatic heterocycles. The summed E-state index contributed by atoms with van der Waals surface area (Å²) in [5, 5.41) is 18.5. The Balaban J connectivity index is 1.71. The predicted molar refractivity (Wildman–Crippen MR) is 108 cm³/mol. The fraction of sp³-hybridized carbons (Fsp3) is 0.111. The third-order valence-electron chi connectivity index (χ3n) is 3.81. The number of rotatable bonds is 7. The van der Waals surface area contributed by atoms with Crippen LogP contribution in [-0.4, -0.2) is 38.9 Å². The van der Waals surface area contributed by atoms with Crippen molar-refractivity contribution >= 4 is 34.0 Å². The number of hydrazone groups is 1. The van der Waals surface area contributed by atoms with E-state index >= 15 is 0 Å². The van der Waals surface area contributed by atoms with Crippen LogP contribution in [0.5, 0.6) is 5.75 Å². The van der Waals surface area contributed by atoms with E-state index in [2.05, 4.69) is 36.5 Å². The monoisotopic (exact) mass is 458 g/mol. The average molecular weight is 459 g/mol. The maximum absolute atomic E-state index is 12.1. The zero-order valence-electron chi connectivity index (χ0n) is 15.2. The van der Waals surface area contributed by atoms with E-state index in [1.54, 1.807) is 42.5 Å². The minimum absolute atomic E-state index is 0.219. The number of carbonyl (C=O) groups is 1. The van der Waals surface area contributed by atoms with Crippen LogP contribution in [0.4, 0.5) is 5.95 Å². The van der Waals surface area contributed by atoms with Crippen molar-refractivity contribution < 1.29 is 14.5 Å². The van der Waals surface area contributed by atoms with Gasteiger partial charge in [0.2, 0.25) is 6.33 Å². The largest absolute Gasteiger partial charge is 0.496 e. The van der Waals surface area contributed by atoms with Crippen molar-refractivity contribution in [2.45, 2.75) is 6.54 Å². The summed E-state index contributed by atoms with van der Waals surface area (Å²) in [7, 11) is 1.52. The van der Waals surface area contributed by atoms with Crippen LogP contribution in [0.2, 0.25) is 0 Å². The van der Waals surface area contributed by atoms with Gasteiger partial charge in [-0.15, -0.1) is 0 Å². The zero-order valence-corrected chi connectivity index (χ0v) is 16.7. The van der Waals surface area contributed by atoms with E-state index in [9.17, 15) is 14.9 Å². The fourth-order valence-corrected chi connectivity index (χ4v) is 2.72. The molecule has 0 radical (unpaired) electrons. The quantitative estimate of drug-likeness (QED) is 0.329. The molecule has 11 heteroatoms. The van der Waals surface area contributed by atoms with Crippen LogP contribution in [0, 0.1) is 10.1 Å². The summed E-state index contributed by atoms with van der Waals surface area (Å²) in [5.41, 5.74) is 4.36. The molecule has 3 rings (SSSR count). The van der Waals surface area contributed by atoms with Gasteiger partial charge in [0.15, 0.2) is 0 Å². The van der Waals surface area contributed by atoms with Gasteiger partial charge in [0.25, 0.3) is 5.91 Å². The van der Waals surface area contributed by atoms with Gasteiger partial charge in [-0.2, -0.15) is 9.78 Å². The first-order chi connectivity index (χ1) is 14.0. The second-order valence-electron chi connectivity index (χ2n) is 5.78. The first-order valence-corrected chi connectivity index (χ1v) is 9.05. The van der Waals surface area contributed by atoms with Crippen molar-refractivity contribution in [3.63, 3.8) is 0 Å². The molecule has 29 heavy (non-hydrogen) atoms. The number of nitro groups is 1. The highest BCUT2D eigenvalue weighted by atomic mass is 79.9. The lowest BCUT2D eigenvalue weighted by Gasteiger charge is -2.08. The smallest absolute Gasteiger partial charge is 0.490 e. The van der Waals surface area contributed by atoms with Crippen molar-refractivity contribution in [2.24, 2.45) is 5.10 Å². The van der Waals surface area contributed by atoms with Crippen molar-refractivity contribution in [1.82, 2.24) is 20.2 Å². The summed E-state index contributed by atoms with van der Waals surface area (Å²) < 4.78 is 7.54. The Morgan fingerprint density at radius 1 is 1.34 bits per heavy atom. The molecular formula is C18H15BrN6O4. The molecule has 1 amide bonds. The Kier molecular flexibility index (Phi) is 6.29. The summed E-state index contributed by atoms with van der Waals surface area (Å²) >= 11 is 3.31. The standard InChI is InChI=1S/C18H15BrN6O4/c1-29-16-7-2-12(8-14(16)10-24-11-20-18(23-24)25(27)28)9-21-22-17(26)13-3-5-15(19)6-4-13/h2-9,11H,10H2,1H3,(H,22,26). The number of nitrogens with one attached hydrogen (secondary N) is 1. The molecule has 148 valence electrons. The van der Waals surface area contributed by atoms with Gasteiger partial charge < -0.3 is 14.9 Å². The molecule has 0 aliphatic rings. The van der Waals surface area contributed by atoms with Crippen molar-refractivity contribution in [3.05, 3.63) is 80.1 Å². The summed E-state index contributed by atoms with van der Waals surface area (Å²) in [5.74, 6) is -0.228. The molecule has 0 atom stereocenters. The summed E-state index contributed by atoms with van der Waals surface area (Å²) in [4.78, 5) is 25.8. The van der Waals surface area contributed by atoms with Crippen LogP contribution < -0.4 is 10.2 Å². The van der Waals surface area contributed by atoms with E-state index < -0.39 is 10.9 Å². The van der Waals surface area contributed by atoms with Gasteiger partial charge in [-0.05, 0) is 53.0 Å². The Morgan fingerprint density at radius 3 is 2.76 bits per heavy atom. The molecule has 0 saturated carbocycles. The van der Waals surface area contributed by atoms with Crippen molar-refractivity contribution in [2.75, 3.05) is 7.11 Å². The molecule has 2 aromatic carbocycles. The van der Waals surface area contributed by atoms with Gasteiger partial charge in [0.1, 0.15) is 5.75 Å². The highest BCUT2D eigenvalue weighted by Gasteiger charge is 2.15. The number of ether oxygens (including phenoxy) is 1. The fourth-order valence-electron chi connectivity index (χ4n) is 2.45. The number of aromatic nitrogens is 3. The van der Waals surface area contributed by atoms with Crippen LogP contribution in [0.1, 0.15) is 21.5 Å². The van der Waals surface area contributed by atoms with E-state index in [1.165, 1.54) is 24.3 Å². The van der Waals surface area contributed by atoms with Gasteiger partial charge in [0, 0.05) is 20.7 Å². The van der Waals surface area contributed by atoms with Crippen LogP contribution >= 0.6 is 15.9 Å². The predicted octanol–water partition coefficient (Wildman–Crippen LogP) is 2.77. The van der Waals surface area contributed by atoms with Crippen LogP contribution in [0.3, 0.4) is 0 Å². The number of hydrogen-bond donors (Lipinski definition) is 1. The molecule has 0 bridgehead atoms. The topological polar surface area (TPSA) is 125 Å². The number of carbonyl (C=O) groups excluding carboxylic acids is 1. The van der Waals surface area contributed by atoms with Crippen LogP contribution in [0.15, 0.2) is 58.4 Å². The van der Waals surface area contributed by atoms with Gasteiger partial charge >= 0.3 is 5.95 Å². The lowest BCUT2D eigenvalue weighted by atomic mass is 10.1. The lowest BCUT2D eigenvalue weighted by molar-refractivity contribution is -0.394. The number of halogens is 1. The average Bonchev–Trinajstić information content (AvgIpc) is 3.17. The molecular weight excluding hydrogens is 444 g/mol. The molecule has 0 spiro atoms. The first kappa shape index (κ1) is 20.1. The summed E-state index contributed by atoms with van der Waals surface area (Å²) in [6.07, 6.45) is 2.76. The second-order valence-corrected chi connectivity index (χ2v) is 6.69. The minimum Gasteiger partial charge on any atom is -0.496 e. The second kappa shape index (κ2) is 9.06. The molecule has 3 aromatic rings. The third-order valence-corrected chi connectivity index (χ3v) is 4.34. The number of hydrogen-bond acceptors (Lipinski definition) is 7. The van der Waals surface area contributed by atoms with E-state index in [4.69, 9.17) is 4.74 Å². The Morgan fingerprint density at radius 2 is 2.10 bits per heavy atom. The van der Waals surface area contributed by atoms with E-state index in [-0.39, 0.29) is 12.5 Å². The molecule has 0 aliphatic heterocycles. The highest BCUT2D eigenvalue weighted by Crippen LogP contribution is 2.20. The maximum atomic E-state index is 12.1. The van der Waals surface area contributed by atoms with E-state index in [0.29, 0.717) is 16.9 Å². The number of benzene rings is 2. The van der Waals surface area contributed by atoms with Gasteiger partial charge in [0.05, 0.1) is 19.9 Å². The van der Waals surface area contributed by atoms with Gasteiger partial charge in [-0.3, -0.25) is 4.79 Å². The van der Waals surface area contributed by atoms with Crippen molar-refractivity contribution in [1.29, 1.82) is 0 Å². The number of methoxy groups -OCH3 is 1. The zero-order chi connectivity index (χ0) is 20.8. The molecule has 0 unspecified atom stereocenters. The SMILES string of the molecule is COc1ccc(C=NNC(=O)c2ccc(Br)cc2)cc1Cn1cnc([N+](=O)[O-])n1. The van der Waals surface area contributed by atoms with Crippen molar-refractivity contribution in [3.8, 4) is 5.75 Å². The molecule has 0 aliphatic carbocycles. The van der Waals surface area contributed by atoms with Crippen LogP contribution in [-0.2, 0) is 6.54 Å². The summed E-state index contributed by atoms with van der Waals surface area (Å²) in [6.45, 7) is 0.219. The molecule has 1 N–H and O–H groups in total. The van der Waals surface area contributed by atoms with Gasteiger partial charge in [-0.1, -0.05) is 20.9 Å². The van der Waals surface area contributed by atoms with Crippen LogP contribution in [0.25, 0.3) is 0 Å². The molecule has 0 saturated heterocycles. The minimum atomic E-state index is -0.662. The van der Waals surface area contributed by atoms with E-state index in [1.807, 2.05) is 0 Å². The normalized spacial score (nSPS) is 10.8. The van der Waals surface area contributed by atoms with Gasteiger partial charge in [-0.25, -0.2) is 5.43 Å². The molecule has 0 fully saturated rings. The lowest BCUT2D eigenvalue weighted by Crippen LogP contribution is -2.17. The maximum Gasteiger partial charge on any atom is 0.490 e. The summed E-state index contributed by atoms with van der Waals surface area (Å²) in [6, 6.07) is 12.2. The number of nitrogens with zero attached hydrogens (tertiary/aromatic N) is 5. The molecule has 10 nitrogen and oxygen atoms in total. The Hall–Kier alpha value is -3.60. The highest BCUT2D eigenvalue weighted by molar-refractivity contribution is 9.10. The Bertz CT molecular complexity index is 1060. The Labute approximate surface area is 173 Å². The third kappa shape index (κ3) is 5.23.